The minimum absolute atomic E-state index is 0.00134. The summed E-state index contributed by atoms with van der Waals surface area (Å²) in [6.07, 6.45) is 3.47. The van der Waals surface area contributed by atoms with E-state index in [9.17, 15) is 9.18 Å². The molecule has 1 aliphatic heterocycles. The molecule has 3 nitrogen and oxygen atoms in total. The molecule has 1 atom stereocenters. The van der Waals surface area contributed by atoms with Gasteiger partial charge >= 0.3 is 5.97 Å². The molecule has 1 heterocycles. The molecule has 0 aromatic heterocycles. The fourth-order valence-electron chi connectivity index (χ4n) is 2.62. The average molecular weight is 265 g/mol. The Kier molecular flexibility index (Phi) is 4.53. The number of carbonyl (C=O) groups is 1. The van der Waals surface area contributed by atoms with Gasteiger partial charge in [0.2, 0.25) is 0 Å². The predicted molar refractivity (Wildman–Crippen MR) is 71.1 cm³/mol. The zero-order valence-electron chi connectivity index (χ0n) is 11.2. The number of ether oxygens (including phenoxy) is 1. The van der Waals surface area contributed by atoms with Crippen molar-refractivity contribution in [3.05, 3.63) is 35.6 Å². The number of hydrogen-bond donors (Lipinski definition) is 1. The summed E-state index contributed by atoms with van der Waals surface area (Å²) >= 11 is 0. The van der Waals surface area contributed by atoms with Gasteiger partial charge in [0, 0.05) is 5.56 Å². The molecule has 1 saturated heterocycles. The molecule has 0 aliphatic carbocycles. The van der Waals surface area contributed by atoms with Crippen molar-refractivity contribution in [3.8, 4) is 0 Å². The minimum atomic E-state index is -0.556. The minimum Gasteiger partial charge on any atom is -0.459 e. The molecule has 0 spiro atoms. The van der Waals surface area contributed by atoms with Gasteiger partial charge in [-0.3, -0.25) is 4.79 Å². The van der Waals surface area contributed by atoms with E-state index in [1.807, 2.05) is 6.92 Å². The quantitative estimate of drug-likeness (QED) is 0.832. The lowest BCUT2D eigenvalue weighted by atomic mass is 9.92. The maximum absolute atomic E-state index is 13.5. The number of carbonyl (C=O) groups excluding carboxylic acids is 1. The standard InChI is InChI=1S/C15H20FNO2/c1-2-8-15(9-5-10-17-15)14(18)19-11-12-6-3-4-7-13(12)16/h3-4,6-7,17H,2,5,8-11H2,1H3. The zero-order valence-corrected chi connectivity index (χ0v) is 11.2. The van der Waals surface area contributed by atoms with Crippen molar-refractivity contribution >= 4 is 5.97 Å². The molecule has 4 heteroatoms. The largest absolute Gasteiger partial charge is 0.459 e. The van der Waals surface area contributed by atoms with Crippen LogP contribution in [0, 0.1) is 5.82 Å². The van der Waals surface area contributed by atoms with E-state index < -0.39 is 5.54 Å². The highest BCUT2D eigenvalue weighted by Crippen LogP contribution is 2.26. The molecule has 1 aromatic rings. The van der Waals surface area contributed by atoms with Gasteiger partial charge in [-0.1, -0.05) is 31.5 Å². The molecule has 1 fully saturated rings. The lowest BCUT2D eigenvalue weighted by Gasteiger charge is -2.26. The summed E-state index contributed by atoms with van der Waals surface area (Å²) in [5.41, 5.74) is -0.138. The average Bonchev–Trinajstić information content (AvgIpc) is 2.88. The van der Waals surface area contributed by atoms with E-state index in [0.29, 0.717) is 5.56 Å². The molecule has 1 unspecified atom stereocenters. The van der Waals surface area contributed by atoms with Crippen LogP contribution in [0.2, 0.25) is 0 Å². The molecule has 1 aliphatic rings. The van der Waals surface area contributed by atoms with E-state index in [0.717, 1.165) is 32.2 Å². The third-order valence-corrected chi connectivity index (χ3v) is 3.63. The van der Waals surface area contributed by atoms with Crippen LogP contribution in [-0.2, 0) is 16.1 Å². The molecular weight excluding hydrogens is 245 g/mol. The van der Waals surface area contributed by atoms with Crippen molar-refractivity contribution in [2.75, 3.05) is 6.54 Å². The Morgan fingerprint density at radius 1 is 1.47 bits per heavy atom. The number of nitrogens with one attached hydrogen (secondary N) is 1. The van der Waals surface area contributed by atoms with Crippen molar-refractivity contribution in [3.63, 3.8) is 0 Å². The van der Waals surface area contributed by atoms with E-state index >= 15 is 0 Å². The Labute approximate surface area is 113 Å². The van der Waals surface area contributed by atoms with Crippen molar-refractivity contribution in [1.82, 2.24) is 5.32 Å². The number of hydrogen-bond acceptors (Lipinski definition) is 3. The first-order chi connectivity index (χ1) is 9.18. The Bertz CT molecular complexity index is 442. The monoisotopic (exact) mass is 265 g/mol. The van der Waals surface area contributed by atoms with Gasteiger partial charge in [-0.05, 0) is 31.9 Å². The Balaban J connectivity index is 1.98. The number of rotatable bonds is 5. The van der Waals surface area contributed by atoms with E-state index in [-0.39, 0.29) is 18.4 Å². The first kappa shape index (κ1) is 14.0. The van der Waals surface area contributed by atoms with Crippen LogP contribution in [0.25, 0.3) is 0 Å². The molecule has 2 rings (SSSR count). The summed E-state index contributed by atoms with van der Waals surface area (Å²) in [5, 5.41) is 3.25. The Morgan fingerprint density at radius 2 is 2.26 bits per heavy atom. The smallest absolute Gasteiger partial charge is 0.326 e. The summed E-state index contributed by atoms with van der Waals surface area (Å²) in [4.78, 5) is 12.2. The van der Waals surface area contributed by atoms with Crippen molar-refractivity contribution in [2.24, 2.45) is 0 Å². The third-order valence-electron chi connectivity index (χ3n) is 3.63. The fraction of sp³-hybridized carbons (Fsp3) is 0.533. The van der Waals surface area contributed by atoms with Gasteiger partial charge in [0.05, 0.1) is 0 Å². The third kappa shape index (κ3) is 3.13. The van der Waals surface area contributed by atoms with Crippen molar-refractivity contribution in [2.45, 2.75) is 44.8 Å². The van der Waals surface area contributed by atoms with Gasteiger partial charge in [-0.25, -0.2) is 4.39 Å². The summed E-state index contributed by atoms with van der Waals surface area (Å²) in [5.74, 6) is -0.589. The maximum atomic E-state index is 13.5. The highest BCUT2D eigenvalue weighted by atomic mass is 19.1. The van der Waals surface area contributed by atoms with Gasteiger partial charge in [-0.2, -0.15) is 0 Å². The van der Waals surface area contributed by atoms with E-state index in [2.05, 4.69) is 5.32 Å². The SMILES string of the molecule is CCCC1(C(=O)OCc2ccccc2F)CCCN1. The summed E-state index contributed by atoms with van der Waals surface area (Å²) in [6.45, 7) is 2.89. The second-order valence-electron chi connectivity index (χ2n) is 5.03. The highest BCUT2D eigenvalue weighted by Gasteiger charge is 2.41. The Hall–Kier alpha value is -1.42. The van der Waals surface area contributed by atoms with E-state index in [1.165, 1.54) is 6.07 Å². The molecule has 0 bridgehead atoms. The summed E-state index contributed by atoms with van der Waals surface area (Å²) < 4.78 is 18.8. The van der Waals surface area contributed by atoms with Crippen LogP contribution < -0.4 is 5.32 Å². The molecule has 0 saturated carbocycles. The molecule has 0 radical (unpaired) electrons. The normalized spacial score (nSPS) is 22.4. The molecule has 1 N–H and O–H groups in total. The van der Waals surface area contributed by atoms with Crippen LogP contribution in [-0.4, -0.2) is 18.1 Å². The second kappa shape index (κ2) is 6.15. The van der Waals surface area contributed by atoms with Crippen LogP contribution in [0.3, 0.4) is 0 Å². The molecule has 0 amide bonds. The number of esters is 1. The summed E-state index contributed by atoms with van der Waals surface area (Å²) in [6, 6.07) is 6.37. The van der Waals surface area contributed by atoms with Crippen LogP contribution in [0.15, 0.2) is 24.3 Å². The molecule has 19 heavy (non-hydrogen) atoms. The Morgan fingerprint density at radius 3 is 2.89 bits per heavy atom. The maximum Gasteiger partial charge on any atom is 0.326 e. The van der Waals surface area contributed by atoms with Crippen LogP contribution >= 0.6 is 0 Å². The lowest BCUT2D eigenvalue weighted by molar-refractivity contribution is -0.153. The van der Waals surface area contributed by atoms with Gasteiger partial charge in [0.15, 0.2) is 0 Å². The summed E-state index contributed by atoms with van der Waals surface area (Å²) in [7, 11) is 0. The van der Waals surface area contributed by atoms with Crippen LogP contribution in [0.5, 0.6) is 0 Å². The van der Waals surface area contributed by atoms with Crippen molar-refractivity contribution < 1.29 is 13.9 Å². The predicted octanol–water partition coefficient (Wildman–Crippen LogP) is 2.79. The second-order valence-corrected chi connectivity index (χ2v) is 5.03. The molecular formula is C15H20FNO2. The zero-order chi connectivity index (χ0) is 13.7. The van der Waals surface area contributed by atoms with E-state index in [4.69, 9.17) is 4.74 Å². The number of halogens is 1. The fourth-order valence-corrected chi connectivity index (χ4v) is 2.62. The van der Waals surface area contributed by atoms with Gasteiger partial charge < -0.3 is 10.1 Å². The lowest BCUT2D eigenvalue weighted by Crippen LogP contribution is -2.48. The van der Waals surface area contributed by atoms with Crippen LogP contribution in [0.4, 0.5) is 4.39 Å². The van der Waals surface area contributed by atoms with Crippen LogP contribution in [0.1, 0.15) is 38.2 Å². The molecule has 104 valence electrons. The topological polar surface area (TPSA) is 38.3 Å². The van der Waals surface area contributed by atoms with Gasteiger partial charge in [-0.15, -0.1) is 0 Å². The van der Waals surface area contributed by atoms with Gasteiger partial charge in [0.1, 0.15) is 18.0 Å². The van der Waals surface area contributed by atoms with Gasteiger partial charge in [0.25, 0.3) is 0 Å². The van der Waals surface area contributed by atoms with E-state index in [1.54, 1.807) is 18.2 Å². The van der Waals surface area contributed by atoms with Crippen molar-refractivity contribution in [1.29, 1.82) is 0 Å². The first-order valence-electron chi connectivity index (χ1n) is 6.83. The highest BCUT2D eigenvalue weighted by molar-refractivity contribution is 5.81. The molecule has 1 aromatic carbocycles. The number of benzene rings is 1. The first-order valence-corrected chi connectivity index (χ1v) is 6.83.